The molecule has 1 rings (SSSR count). The first-order chi connectivity index (χ1) is 7.63. The zero-order valence-corrected chi connectivity index (χ0v) is 9.77. The summed E-state index contributed by atoms with van der Waals surface area (Å²) in [5.74, 6) is 0.115. The third kappa shape index (κ3) is 3.93. The SMILES string of the molecule is CCc1ccccc1OCC(C)CC(=O)O. The van der Waals surface area contributed by atoms with E-state index in [4.69, 9.17) is 9.84 Å². The molecule has 16 heavy (non-hydrogen) atoms. The Morgan fingerprint density at radius 2 is 2.12 bits per heavy atom. The number of benzene rings is 1. The highest BCUT2D eigenvalue weighted by Gasteiger charge is 2.09. The molecule has 0 radical (unpaired) electrons. The van der Waals surface area contributed by atoms with Crippen LogP contribution in [-0.4, -0.2) is 17.7 Å². The Morgan fingerprint density at radius 1 is 1.44 bits per heavy atom. The van der Waals surface area contributed by atoms with Gasteiger partial charge in [-0.15, -0.1) is 0 Å². The van der Waals surface area contributed by atoms with E-state index in [0.29, 0.717) is 6.61 Å². The van der Waals surface area contributed by atoms with Gasteiger partial charge in [-0.3, -0.25) is 4.79 Å². The zero-order chi connectivity index (χ0) is 12.0. The molecular weight excluding hydrogens is 204 g/mol. The lowest BCUT2D eigenvalue weighted by atomic mass is 10.1. The maximum Gasteiger partial charge on any atom is 0.303 e. The number of ether oxygens (including phenoxy) is 1. The molecule has 1 atom stereocenters. The highest BCUT2D eigenvalue weighted by molar-refractivity contribution is 5.66. The van der Waals surface area contributed by atoms with E-state index in [0.717, 1.165) is 17.7 Å². The van der Waals surface area contributed by atoms with Crippen molar-refractivity contribution in [1.82, 2.24) is 0 Å². The van der Waals surface area contributed by atoms with Crippen LogP contribution in [-0.2, 0) is 11.2 Å². The van der Waals surface area contributed by atoms with Crippen LogP contribution in [0.3, 0.4) is 0 Å². The Labute approximate surface area is 96.1 Å². The first-order valence-corrected chi connectivity index (χ1v) is 5.56. The van der Waals surface area contributed by atoms with Crippen LogP contribution >= 0.6 is 0 Å². The van der Waals surface area contributed by atoms with Gasteiger partial charge in [-0.25, -0.2) is 0 Å². The summed E-state index contributed by atoms with van der Waals surface area (Å²) in [6.45, 7) is 4.40. The van der Waals surface area contributed by atoms with E-state index in [-0.39, 0.29) is 12.3 Å². The molecule has 0 spiro atoms. The molecule has 1 unspecified atom stereocenters. The molecule has 0 saturated carbocycles. The number of rotatable bonds is 6. The van der Waals surface area contributed by atoms with Gasteiger partial charge in [0.1, 0.15) is 5.75 Å². The summed E-state index contributed by atoms with van der Waals surface area (Å²) in [5, 5.41) is 8.63. The summed E-state index contributed by atoms with van der Waals surface area (Å²) in [5.41, 5.74) is 1.16. The first kappa shape index (κ1) is 12.6. The predicted octanol–water partition coefficient (Wildman–Crippen LogP) is 2.74. The smallest absolute Gasteiger partial charge is 0.303 e. The first-order valence-electron chi connectivity index (χ1n) is 5.56. The van der Waals surface area contributed by atoms with Crippen molar-refractivity contribution in [3.8, 4) is 5.75 Å². The lowest BCUT2D eigenvalue weighted by Crippen LogP contribution is -2.13. The lowest BCUT2D eigenvalue weighted by molar-refractivity contribution is -0.138. The molecule has 0 aliphatic rings. The second-order valence-corrected chi connectivity index (χ2v) is 3.98. The van der Waals surface area contributed by atoms with Crippen molar-refractivity contribution in [3.05, 3.63) is 29.8 Å². The van der Waals surface area contributed by atoms with E-state index in [1.807, 2.05) is 31.2 Å². The highest BCUT2D eigenvalue weighted by atomic mass is 16.5. The number of para-hydroxylation sites is 1. The van der Waals surface area contributed by atoms with Crippen LogP contribution in [0.15, 0.2) is 24.3 Å². The zero-order valence-electron chi connectivity index (χ0n) is 9.77. The molecule has 0 aliphatic heterocycles. The van der Waals surface area contributed by atoms with Crippen LogP contribution in [0, 0.1) is 5.92 Å². The van der Waals surface area contributed by atoms with Gasteiger partial charge in [0, 0.05) is 5.92 Å². The third-order valence-electron chi connectivity index (χ3n) is 2.40. The minimum Gasteiger partial charge on any atom is -0.493 e. The molecule has 3 nitrogen and oxygen atoms in total. The normalized spacial score (nSPS) is 12.1. The van der Waals surface area contributed by atoms with Gasteiger partial charge >= 0.3 is 5.97 Å². The van der Waals surface area contributed by atoms with Crippen molar-refractivity contribution < 1.29 is 14.6 Å². The summed E-state index contributed by atoms with van der Waals surface area (Å²) in [4.78, 5) is 10.5. The quantitative estimate of drug-likeness (QED) is 0.805. The van der Waals surface area contributed by atoms with Gasteiger partial charge in [-0.1, -0.05) is 32.0 Å². The van der Waals surface area contributed by atoms with Crippen LogP contribution in [0.5, 0.6) is 5.75 Å². The molecule has 0 saturated heterocycles. The number of aryl methyl sites for hydroxylation is 1. The molecule has 0 aliphatic carbocycles. The molecule has 0 fully saturated rings. The largest absolute Gasteiger partial charge is 0.493 e. The van der Waals surface area contributed by atoms with Crippen molar-refractivity contribution >= 4 is 5.97 Å². The standard InChI is InChI=1S/C13H18O3/c1-3-11-6-4-5-7-12(11)16-9-10(2)8-13(14)15/h4-7,10H,3,8-9H2,1-2H3,(H,14,15). The maximum absolute atomic E-state index is 10.5. The number of hydrogen-bond acceptors (Lipinski definition) is 2. The molecule has 1 aromatic rings. The van der Waals surface area contributed by atoms with Crippen molar-refractivity contribution in [1.29, 1.82) is 0 Å². The summed E-state index contributed by atoms with van der Waals surface area (Å²) in [7, 11) is 0. The van der Waals surface area contributed by atoms with Crippen LogP contribution in [0.4, 0.5) is 0 Å². The van der Waals surface area contributed by atoms with E-state index < -0.39 is 5.97 Å². The number of hydrogen-bond donors (Lipinski definition) is 1. The fourth-order valence-electron chi connectivity index (χ4n) is 1.53. The summed E-state index contributed by atoms with van der Waals surface area (Å²) in [6, 6.07) is 7.85. The molecule has 3 heteroatoms. The van der Waals surface area contributed by atoms with Crippen LogP contribution in [0.1, 0.15) is 25.8 Å². The Morgan fingerprint density at radius 3 is 2.75 bits per heavy atom. The van der Waals surface area contributed by atoms with Gasteiger partial charge in [-0.05, 0) is 18.1 Å². The second-order valence-electron chi connectivity index (χ2n) is 3.98. The summed E-state index contributed by atoms with van der Waals surface area (Å²) >= 11 is 0. The van der Waals surface area contributed by atoms with Gasteiger partial charge in [0.15, 0.2) is 0 Å². The van der Waals surface area contributed by atoms with Gasteiger partial charge < -0.3 is 9.84 Å². The molecule has 0 bridgehead atoms. The van der Waals surface area contributed by atoms with E-state index >= 15 is 0 Å². The summed E-state index contributed by atoms with van der Waals surface area (Å²) < 4.78 is 5.63. The molecule has 0 amide bonds. The number of carboxylic acid groups (broad SMARTS) is 1. The van der Waals surface area contributed by atoms with Gasteiger partial charge in [0.05, 0.1) is 13.0 Å². The maximum atomic E-state index is 10.5. The molecule has 0 aromatic heterocycles. The minimum absolute atomic E-state index is 0.0300. The minimum atomic E-state index is -0.778. The molecule has 0 heterocycles. The Balaban J connectivity index is 2.50. The van der Waals surface area contributed by atoms with Crippen molar-refractivity contribution in [2.45, 2.75) is 26.7 Å². The Bertz CT molecular complexity index is 347. The average Bonchev–Trinajstić information content (AvgIpc) is 2.26. The lowest BCUT2D eigenvalue weighted by Gasteiger charge is -2.13. The Hall–Kier alpha value is -1.51. The van der Waals surface area contributed by atoms with Crippen molar-refractivity contribution in [2.24, 2.45) is 5.92 Å². The average molecular weight is 222 g/mol. The summed E-state index contributed by atoms with van der Waals surface area (Å²) in [6.07, 6.45) is 1.07. The van der Waals surface area contributed by atoms with E-state index in [9.17, 15) is 4.79 Å². The molecule has 1 aromatic carbocycles. The van der Waals surface area contributed by atoms with E-state index in [1.54, 1.807) is 0 Å². The highest BCUT2D eigenvalue weighted by Crippen LogP contribution is 2.19. The van der Waals surface area contributed by atoms with Crippen LogP contribution in [0.2, 0.25) is 0 Å². The van der Waals surface area contributed by atoms with Crippen LogP contribution < -0.4 is 4.74 Å². The van der Waals surface area contributed by atoms with Gasteiger partial charge in [0.2, 0.25) is 0 Å². The third-order valence-corrected chi connectivity index (χ3v) is 2.40. The number of carbonyl (C=O) groups is 1. The van der Waals surface area contributed by atoms with Crippen molar-refractivity contribution in [3.63, 3.8) is 0 Å². The molecular formula is C13H18O3. The number of carboxylic acids is 1. The van der Waals surface area contributed by atoms with Crippen molar-refractivity contribution in [2.75, 3.05) is 6.61 Å². The molecule has 1 N–H and O–H groups in total. The topological polar surface area (TPSA) is 46.5 Å². The second kappa shape index (κ2) is 6.16. The number of aliphatic carboxylic acids is 1. The Kier molecular flexibility index (Phi) is 4.83. The van der Waals surface area contributed by atoms with Gasteiger partial charge in [0.25, 0.3) is 0 Å². The fourth-order valence-corrected chi connectivity index (χ4v) is 1.53. The van der Waals surface area contributed by atoms with Crippen LogP contribution in [0.25, 0.3) is 0 Å². The van der Waals surface area contributed by atoms with Gasteiger partial charge in [-0.2, -0.15) is 0 Å². The molecule has 88 valence electrons. The van der Waals surface area contributed by atoms with E-state index in [2.05, 4.69) is 6.92 Å². The fraction of sp³-hybridized carbons (Fsp3) is 0.462. The van der Waals surface area contributed by atoms with E-state index in [1.165, 1.54) is 0 Å². The monoisotopic (exact) mass is 222 g/mol. The predicted molar refractivity (Wildman–Crippen MR) is 62.7 cm³/mol.